The first-order chi connectivity index (χ1) is 16.2. The number of ether oxygens (including phenoxy) is 3. The molecule has 0 aliphatic carbocycles. The molecule has 178 valence electrons. The largest absolute Gasteiger partial charge is 0.497 e. The van der Waals surface area contributed by atoms with Crippen LogP contribution in [0.4, 0.5) is 5.69 Å². The van der Waals surface area contributed by atoms with E-state index in [1.54, 1.807) is 6.07 Å². The Balaban J connectivity index is 1.57. The summed E-state index contributed by atoms with van der Waals surface area (Å²) in [4.78, 5) is 59.6. The molecule has 2 aromatic carbocycles. The summed E-state index contributed by atoms with van der Waals surface area (Å²) < 4.78 is 15.2. The van der Waals surface area contributed by atoms with Crippen LogP contribution < -0.4 is 14.9 Å². The molecule has 1 aliphatic heterocycles. The fraction of sp³-hybridized carbons (Fsp3) is 0.273. The molecule has 1 atom stereocenters. The maximum atomic E-state index is 12.6. The lowest BCUT2D eigenvalue weighted by Gasteiger charge is -2.18. The zero-order valence-electron chi connectivity index (χ0n) is 18.3. The maximum absolute atomic E-state index is 12.6. The number of amides is 2. The van der Waals surface area contributed by atoms with Crippen LogP contribution in [-0.2, 0) is 14.3 Å². The summed E-state index contributed by atoms with van der Waals surface area (Å²) in [6.07, 6.45) is -0.217. The number of nitro benzene ring substituents is 1. The van der Waals surface area contributed by atoms with Crippen LogP contribution in [0.3, 0.4) is 0 Å². The van der Waals surface area contributed by atoms with Crippen molar-refractivity contribution in [3.8, 4) is 11.5 Å². The Morgan fingerprint density at radius 1 is 1.09 bits per heavy atom. The van der Waals surface area contributed by atoms with E-state index in [0.29, 0.717) is 11.5 Å². The topological polar surface area (TPSA) is 154 Å². The van der Waals surface area contributed by atoms with Gasteiger partial charge >= 0.3 is 5.97 Å². The van der Waals surface area contributed by atoms with Crippen LogP contribution in [0.1, 0.15) is 27.1 Å². The molecule has 2 aromatic rings. The third-order valence-corrected chi connectivity index (χ3v) is 5.03. The Labute approximate surface area is 193 Å². The minimum Gasteiger partial charge on any atom is -0.497 e. The Morgan fingerprint density at radius 2 is 1.76 bits per heavy atom. The number of hydrazine groups is 1. The van der Waals surface area contributed by atoms with Gasteiger partial charge in [0.25, 0.3) is 11.6 Å². The van der Waals surface area contributed by atoms with Gasteiger partial charge in [-0.25, -0.2) is 0 Å². The molecule has 1 aliphatic rings. The van der Waals surface area contributed by atoms with Crippen molar-refractivity contribution >= 4 is 29.3 Å². The van der Waals surface area contributed by atoms with Gasteiger partial charge < -0.3 is 14.2 Å². The highest BCUT2D eigenvalue weighted by Crippen LogP contribution is 2.23. The van der Waals surface area contributed by atoms with Gasteiger partial charge in [-0.2, -0.15) is 0 Å². The summed E-state index contributed by atoms with van der Waals surface area (Å²) in [6, 6.07) is 9.54. The van der Waals surface area contributed by atoms with Gasteiger partial charge in [-0.05, 0) is 12.1 Å². The average Bonchev–Trinajstić information content (AvgIpc) is 3.21. The Hall–Kier alpha value is -4.48. The number of nitro groups is 1. The minimum absolute atomic E-state index is 0.0205. The summed E-state index contributed by atoms with van der Waals surface area (Å²) in [6.45, 7) is -0.782. The van der Waals surface area contributed by atoms with Crippen molar-refractivity contribution in [3.63, 3.8) is 0 Å². The molecule has 1 unspecified atom stereocenters. The second kappa shape index (κ2) is 10.4. The minimum atomic E-state index is -0.898. The number of esters is 1. The molecule has 0 saturated carbocycles. The van der Waals surface area contributed by atoms with E-state index in [1.807, 2.05) is 0 Å². The van der Waals surface area contributed by atoms with Crippen LogP contribution in [0.5, 0.6) is 11.5 Å². The molecule has 12 heteroatoms. The number of nitrogens with one attached hydrogen (secondary N) is 1. The van der Waals surface area contributed by atoms with Gasteiger partial charge in [-0.1, -0.05) is 12.1 Å². The molecule has 0 bridgehead atoms. The molecule has 1 heterocycles. The number of nitrogens with zero attached hydrogens (tertiary/aromatic N) is 2. The monoisotopic (exact) mass is 471 g/mol. The third-order valence-electron chi connectivity index (χ3n) is 5.03. The van der Waals surface area contributed by atoms with Gasteiger partial charge in [0.15, 0.2) is 6.61 Å². The zero-order valence-corrected chi connectivity index (χ0v) is 18.3. The second-order valence-electron chi connectivity index (χ2n) is 7.29. The molecule has 34 heavy (non-hydrogen) atoms. The van der Waals surface area contributed by atoms with Gasteiger partial charge in [0.05, 0.1) is 31.6 Å². The summed E-state index contributed by atoms with van der Waals surface area (Å²) in [5.74, 6) is -2.68. The fourth-order valence-electron chi connectivity index (χ4n) is 3.23. The normalized spacial score (nSPS) is 14.9. The van der Waals surface area contributed by atoms with Gasteiger partial charge in [-0.3, -0.25) is 39.7 Å². The van der Waals surface area contributed by atoms with Crippen LogP contribution in [0, 0.1) is 16.0 Å². The number of ketones is 1. The number of hydrogen-bond donors (Lipinski definition) is 1. The highest BCUT2D eigenvalue weighted by molar-refractivity contribution is 5.99. The van der Waals surface area contributed by atoms with E-state index in [1.165, 1.54) is 44.6 Å². The molecule has 0 radical (unpaired) electrons. The number of methoxy groups -OCH3 is 2. The van der Waals surface area contributed by atoms with Gasteiger partial charge in [-0.15, -0.1) is 0 Å². The molecule has 12 nitrogen and oxygen atoms in total. The predicted octanol–water partition coefficient (Wildman–Crippen LogP) is 1.53. The highest BCUT2D eigenvalue weighted by Gasteiger charge is 2.37. The van der Waals surface area contributed by atoms with Gasteiger partial charge in [0.2, 0.25) is 11.7 Å². The SMILES string of the molecule is COc1cc(OC)cc(C(=O)NN2CC(C(=O)OCC(=O)c3cccc([N+](=O)[O-])c3)CC2=O)c1. The van der Waals surface area contributed by atoms with Crippen LogP contribution in [0.2, 0.25) is 0 Å². The number of carbonyl (C=O) groups excluding carboxylic acids is 4. The molecule has 1 saturated heterocycles. The molecule has 0 spiro atoms. The summed E-state index contributed by atoms with van der Waals surface area (Å²) in [5.41, 5.74) is 2.37. The van der Waals surface area contributed by atoms with Crippen LogP contribution >= 0.6 is 0 Å². The van der Waals surface area contributed by atoms with E-state index in [4.69, 9.17) is 14.2 Å². The first-order valence-corrected chi connectivity index (χ1v) is 10.0. The first kappa shape index (κ1) is 24.2. The molecule has 1 N–H and O–H groups in total. The quantitative estimate of drug-likeness (QED) is 0.248. The first-order valence-electron chi connectivity index (χ1n) is 10.0. The summed E-state index contributed by atoms with van der Waals surface area (Å²) in [5, 5.41) is 11.8. The summed E-state index contributed by atoms with van der Waals surface area (Å²) >= 11 is 0. The third kappa shape index (κ3) is 5.65. The molecular weight excluding hydrogens is 450 g/mol. The van der Waals surface area contributed by atoms with E-state index in [0.717, 1.165) is 11.1 Å². The Morgan fingerprint density at radius 3 is 2.38 bits per heavy atom. The summed E-state index contributed by atoms with van der Waals surface area (Å²) in [7, 11) is 2.86. The van der Waals surface area contributed by atoms with Crippen molar-refractivity contribution in [3.05, 3.63) is 63.7 Å². The van der Waals surface area contributed by atoms with E-state index < -0.39 is 41.0 Å². The number of Topliss-reactive ketones (excluding diaryl/α,β-unsaturated/α-hetero) is 1. The van der Waals surface area contributed by atoms with E-state index in [2.05, 4.69) is 5.43 Å². The molecular formula is C22H21N3O9. The Bertz CT molecular complexity index is 1130. The van der Waals surface area contributed by atoms with E-state index in [-0.39, 0.29) is 29.8 Å². The molecule has 1 fully saturated rings. The van der Waals surface area contributed by atoms with Gasteiger partial charge in [0, 0.05) is 35.7 Å². The number of non-ortho nitro benzene ring substituents is 1. The highest BCUT2D eigenvalue weighted by atomic mass is 16.6. The lowest BCUT2D eigenvalue weighted by molar-refractivity contribution is -0.384. The second-order valence-corrected chi connectivity index (χ2v) is 7.29. The van der Waals surface area contributed by atoms with Crippen molar-refractivity contribution in [2.45, 2.75) is 6.42 Å². The maximum Gasteiger partial charge on any atom is 0.311 e. The number of carbonyl (C=O) groups is 4. The van der Waals surface area contributed by atoms with Crippen LogP contribution in [-0.4, -0.2) is 60.9 Å². The lowest BCUT2D eigenvalue weighted by Crippen LogP contribution is -2.43. The number of benzene rings is 2. The van der Waals surface area contributed by atoms with Crippen molar-refractivity contribution < 1.29 is 38.3 Å². The van der Waals surface area contributed by atoms with E-state index in [9.17, 15) is 29.3 Å². The standard InChI is InChI=1S/C22H21N3O9/c1-32-17-7-14(8-18(10-17)33-2)21(28)23-24-11-15(9-20(24)27)22(29)34-12-19(26)13-4-3-5-16(6-13)25(30)31/h3-8,10,15H,9,11-12H2,1-2H3,(H,23,28). The van der Waals surface area contributed by atoms with Crippen molar-refractivity contribution in [1.29, 1.82) is 0 Å². The van der Waals surface area contributed by atoms with Crippen molar-refractivity contribution in [1.82, 2.24) is 10.4 Å². The smallest absolute Gasteiger partial charge is 0.311 e. The molecule has 3 rings (SSSR count). The van der Waals surface area contributed by atoms with Crippen molar-refractivity contribution in [2.75, 3.05) is 27.4 Å². The Kier molecular flexibility index (Phi) is 7.41. The number of rotatable bonds is 9. The van der Waals surface area contributed by atoms with Crippen molar-refractivity contribution in [2.24, 2.45) is 5.92 Å². The fourth-order valence-corrected chi connectivity index (χ4v) is 3.23. The molecule has 2 amide bonds. The zero-order chi connectivity index (χ0) is 24.8. The lowest BCUT2D eigenvalue weighted by atomic mass is 10.1. The predicted molar refractivity (Wildman–Crippen MR) is 115 cm³/mol. The molecule has 0 aromatic heterocycles. The van der Waals surface area contributed by atoms with E-state index >= 15 is 0 Å². The van der Waals surface area contributed by atoms with Crippen LogP contribution in [0.25, 0.3) is 0 Å². The average molecular weight is 471 g/mol. The van der Waals surface area contributed by atoms with Crippen LogP contribution in [0.15, 0.2) is 42.5 Å². The number of hydrogen-bond acceptors (Lipinski definition) is 9. The van der Waals surface area contributed by atoms with Gasteiger partial charge in [0.1, 0.15) is 11.5 Å².